The molecule has 0 spiro atoms. The second-order valence-corrected chi connectivity index (χ2v) is 7.25. The smallest absolute Gasteiger partial charge is 0.273 e. The molecule has 166 valence electrons. The molecular formula is C20H23N9O3. The van der Waals surface area contributed by atoms with Crippen LogP contribution in [-0.2, 0) is 11.8 Å². The lowest BCUT2D eigenvalue weighted by molar-refractivity contribution is -0.117. The number of ether oxygens (including phenoxy) is 1. The van der Waals surface area contributed by atoms with E-state index in [0.29, 0.717) is 22.7 Å². The fourth-order valence-electron chi connectivity index (χ4n) is 3.09. The summed E-state index contributed by atoms with van der Waals surface area (Å²) in [6.45, 7) is -0.980. The fraction of sp³-hybridized carbons (Fsp3) is 0.350. The minimum atomic E-state index is -2.74. The molecule has 0 bridgehead atoms. The van der Waals surface area contributed by atoms with Crippen LogP contribution >= 0.6 is 0 Å². The minimum Gasteiger partial charge on any atom is -0.492 e. The van der Waals surface area contributed by atoms with Crippen molar-refractivity contribution in [3.8, 4) is 17.0 Å². The molecule has 12 nitrogen and oxygen atoms in total. The van der Waals surface area contributed by atoms with E-state index in [9.17, 15) is 9.59 Å². The normalized spacial score (nSPS) is 14.7. The lowest BCUT2D eigenvalue weighted by Crippen LogP contribution is -2.22. The zero-order valence-corrected chi connectivity index (χ0v) is 17.6. The number of aryl methyl sites for hydroxylation is 2. The summed E-state index contributed by atoms with van der Waals surface area (Å²) in [6, 6.07) is 3.15. The second kappa shape index (κ2) is 8.57. The molecule has 0 atom stereocenters. The fourth-order valence-corrected chi connectivity index (χ4v) is 3.09. The van der Waals surface area contributed by atoms with Crippen LogP contribution in [0.15, 0.2) is 18.3 Å². The van der Waals surface area contributed by atoms with Crippen molar-refractivity contribution in [1.29, 1.82) is 0 Å². The highest BCUT2D eigenvalue weighted by Crippen LogP contribution is 2.37. The molecular weight excluding hydrogens is 414 g/mol. The Kier molecular flexibility index (Phi) is 4.71. The third-order valence-electron chi connectivity index (χ3n) is 4.76. The maximum atomic E-state index is 12.7. The van der Waals surface area contributed by atoms with Crippen molar-refractivity contribution in [2.24, 2.45) is 13.0 Å². The van der Waals surface area contributed by atoms with E-state index >= 15 is 0 Å². The number of amides is 2. The van der Waals surface area contributed by atoms with Crippen LogP contribution in [0.3, 0.4) is 0 Å². The van der Waals surface area contributed by atoms with Gasteiger partial charge in [-0.05, 0) is 25.8 Å². The average Bonchev–Trinajstić information content (AvgIpc) is 3.53. The van der Waals surface area contributed by atoms with Gasteiger partial charge in [-0.15, -0.1) is 10.2 Å². The molecule has 3 N–H and O–H groups in total. The highest BCUT2D eigenvalue weighted by molar-refractivity contribution is 5.99. The lowest BCUT2D eigenvalue weighted by atomic mass is 10.1. The summed E-state index contributed by atoms with van der Waals surface area (Å²) < 4.78 is 27.6. The van der Waals surface area contributed by atoms with Crippen molar-refractivity contribution in [2.75, 3.05) is 24.7 Å². The number of hydrogen-bond acceptors (Lipinski definition) is 9. The van der Waals surface area contributed by atoms with E-state index in [4.69, 9.17) is 8.85 Å². The lowest BCUT2D eigenvalue weighted by Gasteiger charge is -2.16. The molecule has 2 amide bonds. The summed E-state index contributed by atoms with van der Waals surface area (Å²) in [5.41, 5.74) is 1.48. The summed E-state index contributed by atoms with van der Waals surface area (Å²) in [5, 5.41) is 23.7. The maximum absolute atomic E-state index is 12.7. The molecule has 3 aromatic rings. The van der Waals surface area contributed by atoms with Crippen LogP contribution in [0, 0.1) is 12.8 Å². The molecule has 0 saturated heterocycles. The van der Waals surface area contributed by atoms with E-state index in [0.717, 1.165) is 12.8 Å². The van der Waals surface area contributed by atoms with Crippen LogP contribution in [0.1, 0.15) is 33.1 Å². The third-order valence-corrected chi connectivity index (χ3v) is 4.76. The van der Waals surface area contributed by atoms with Gasteiger partial charge in [0.25, 0.3) is 5.91 Å². The Morgan fingerprint density at radius 2 is 2.09 bits per heavy atom. The van der Waals surface area contributed by atoms with Gasteiger partial charge in [0.2, 0.25) is 5.91 Å². The summed E-state index contributed by atoms with van der Waals surface area (Å²) in [4.78, 5) is 30.7. The van der Waals surface area contributed by atoms with Gasteiger partial charge in [-0.3, -0.25) is 9.59 Å². The molecule has 12 heteroatoms. The Morgan fingerprint density at radius 1 is 1.28 bits per heavy atom. The molecule has 0 aromatic carbocycles. The van der Waals surface area contributed by atoms with Gasteiger partial charge in [0.1, 0.15) is 5.69 Å². The molecule has 1 saturated carbocycles. The van der Waals surface area contributed by atoms with Crippen LogP contribution in [-0.4, -0.2) is 56.1 Å². The van der Waals surface area contributed by atoms with Gasteiger partial charge in [-0.1, -0.05) is 0 Å². The van der Waals surface area contributed by atoms with E-state index in [1.807, 2.05) is 5.32 Å². The largest absolute Gasteiger partial charge is 0.492 e. The zero-order chi connectivity index (χ0) is 25.3. The summed E-state index contributed by atoms with van der Waals surface area (Å²) in [5.74, 6) is -0.667. The van der Waals surface area contributed by atoms with Crippen LogP contribution in [0.4, 0.5) is 17.3 Å². The number of carbonyl (C=O) groups is 2. The monoisotopic (exact) mass is 440 g/mol. The number of anilines is 3. The zero-order valence-electron chi connectivity index (χ0n) is 20.6. The summed E-state index contributed by atoms with van der Waals surface area (Å²) >= 11 is 0. The van der Waals surface area contributed by atoms with Crippen molar-refractivity contribution >= 4 is 29.1 Å². The number of nitrogens with one attached hydrogen (secondary N) is 3. The average molecular weight is 440 g/mol. The maximum Gasteiger partial charge on any atom is 0.273 e. The molecule has 4 rings (SSSR count). The van der Waals surface area contributed by atoms with Crippen LogP contribution < -0.4 is 20.7 Å². The quantitative estimate of drug-likeness (QED) is 0.496. The first kappa shape index (κ1) is 17.6. The number of pyridine rings is 1. The van der Waals surface area contributed by atoms with E-state index in [1.165, 1.54) is 18.0 Å². The molecule has 0 radical (unpaired) electrons. The van der Waals surface area contributed by atoms with Crippen molar-refractivity contribution in [1.82, 2.24) is 35.5 Å². The Balaban J connectivity index is 1.76. The predicted octanol–water partition coefficient (Wildman–Crippen LogP) is 1.44. The molecule has 1 fully saturated rings. The van der Waals surface area contributed by atoms with E-state index in [2.05, 4.69) is 36.0 Å². The molecule has 1 aliphatic rings. The summed E-state index contributed by atoms with van der Waals surface area (Å²) in [6.07, 6.45) is 3.15. The third kappa shape index (κ3) is 4.33. The molecule has 1 aliphatic carbocycles. The Bertz CT molecular complexity index is 1290. The molecule has 0 aliphatic heterocycles. The minimum absolute atomic E-state index is 0.0642. The molecule has 3 aromatic heterocycles. The van der Waals surface area contributed by atoms with Gasteiger partial charge in [0.15, 0.2) is 23.1 Å². The van der Waals surface area contributed by atoms with Gasteiger partial charge in [0, 0.05) is 35.8 Å². The highest BCUT2D eigenvalue weighted by atomic mass is 16.5. The Morgan fingerprint density at radius 3 is 2.75 bits per heavy atom. The number of nitrogens with zero attached hydrogens (tertiary/aromatic N) is 6. The summed E-state index contributed by atoms with van der Waals surface area (Å²) in [7, 11) is 3.13. The number of hydrogen-bond donors (Lipinski definition) is 3. The van der Waals surface area contributed by atoms with Gasteiger partial charge in [-0.25, -0.2) is 4.98 Å². The first-order chi connectivity index (χ1) is 16.5. The number of rotatable bonds is 7. The van der Waals surface area contributed by atoms with Crippen molar-refractivity contribution in [3.05, 3.63) is 29.7 Å². The van der Waals surface area contributed by atoms with Crippen molar-refractivity contribution in [3.63, 3.8) is 0 Å². The Labute approximate surface area is 188 Å². The van der Waals surface area contributed by atoms with Crippen LogP contribution in [0.5, 0.6) is 5.75 Å². The number of aromatic nitrogens is 6. The SMILES string of the molecule is [2H]C([2H])([2H])NC(=O)c1nnc(NC(=O)C2CC2)cc1Nc1nc(C)cc(-c2cnn(C)n2)c1OC. The second-order valence-electron chi connectivity index (χ2n) is 7.25. The van der Waals surface area contributed by atoms with E-state index in [-0.39, 0.29) is 34.8 Å². The molecule has 32 heavy (non-hydrogen) atoms. The predicted molar refractivity (Wildman–Crippen MR) is 116 cm³/mol. The topological polar surface area (TPSA) is 149 Å². The number of carbonyl (C=O) groups excluding carboxylic acids is 2. The van der Waals surface area contributed by atoms with E-state index < -0.39 is 12.9 Å². The molecule has 3 heterocycles. The first-order valence-corrected chi connectivity index (χ1v) is 9.74. The standard InChI is InChI=1S/C20H23N9O3/c1-10-7-12(14-9-22-29(3)28-14)17(32-4)18(23-10)24-13-8-15(25-19(30)11-5-6-11)26-27-16(13)20(31)21-2/h7-9,11H,5-6H2,1-4H3,(H,21,31)(H2,23,24,25,26,30)/i2D3. The number of methoxy groups -OCH3 is 1. The van der Waals surface area contributed by atoms with Gasteiger partial charge >= 0.3 is 0 Å². The van der Waals surface area contributed by atoms with Crippen LogP contribution in [0.2, 0.25) is 0 Å². The van der Waals surface area contributed by atoms with Gasteiger partial charge in [0.05, 0.1) is 24.6 Å². The van der Waals surface area contributed by atoms with Crippen molar-refractivity contribution in [2.45, 2.75) is 19.8 Å². The van der Waals surface area contributed by atoms with E-state index in [1.54, 1.807) is 26.2 Å². The van der Waals surface area contributed by atoms with Gasteiger partial charge < -0.3 is 20.7 Å². The first-order valence-electron chi connectivity index (χ1n) is 11.2. The Hall–Kier alpha value is -4.09. The van der Waals surface area contributed by atoms with Crippen molar-refractivity contribution < 1.29 is 18.4 Å². The van der Waals surface area contributed by atoms with Crippen LogP contribution in [0.25, 0.3) is 11.3 Å². The van der Waals surface area contributed by atoms with Gasteiger partial charge in [-0.2, -0.15) is 15.0 Å². The highest BCUT2D eigenvalue weighted by Gasteiger charge is 2.30. The molecule has 0 unspecified atom stereocenters.